The molecule has 20 heavy (non-hydrogen) atoms. The maximum absolute atomic E-state index is 11.4. The lowest BCUT2D eigenvalue weighted by molar-refractivity contribution is -0.145. The summed E-state index contributed by atoms with van der Waals surface area (Å²) in [5.74, 6) is 13.8. The summed E-state index contributed by atoms with van der Waals surface area (Å²) >= 11 is 0. The summed E-state index contributed by atoms with van der Waals surface area (Å²) in [6.45, 7) is 0. The molecular formula is C9H12N8O3. The van der Waals surface area contributed by atoms with E-state index in [1.165, 1.54) is 12.1 Å². The van der Waals surface area contributed by atoms with Crippen molar-refractivity contribution in [3.63, 3.8) is 0 Å². The molecule has 0 radical (unpaired) electrons. The molecule has 0 unspecified atom stereocenters. The van der Waals surface area contributed by atoms with E-state index in [2.05, 4.69) is 30.7 Å². The van der Waals surface area contributed by atoms with Gasteiger partial charge in [-0.1, -0.05) is 16.5 Å². The van der Waals surface area contributed by atoms with Crippen molar-refractivity contribution in [2.24, 2.45) is 43.4 Å². The molecule has 1 rings (SSSR count). The van der Waals surface area contributed by atoms with Crippen molar-refractivity contribution in [2.75, 3.05) is 0 Å². The van der Waals surface area contributed by atoms with Crippen molar-refractivity contribution in [1.29, 1.82) is 0 Å². The molecule has 1 aromatic rings. The summed E-state index contributed by atoms with van der Waals surface area (Å²) < 4.78 is 0. The smallest absolute Gasteiger partial charge is 0.351 e. The maximum atomic E-state index is 11.4. The highest BCUT2D eigenvalue weighted by molar-refractivity contribution is 5.76. The van der Waals surface area contributed by atoms with Gasteiger partial charge in [0.25, 0.3) is 0 Å². The number of carbonyl (C=O) groups excluding carboxylic acids is 1. The van der Waals surface area contributed by atoms with Crippen molar-refractivity contribution in [2.45, 2.75) is 12.5 Å². The van der Waals surface area contributed by atoms with E-state index in [9.17, 15) is 9.70 Å². The molecule has 106 valence electrons. The number of rotatable bonds is 6. The van der Waals surface area contributed by atoms with Crippen LogP contribution in [-0.2, 0) is 16.1 Å². The number of nitrogens with zero attached hydrogens (tertiary/aromatic N) is 5. The monoisotopic (exact) mass is 280 g/mol. The first-order valence-electron chi connectivity index (χ1n) is 5.24. The van der Waals surface area contributed by atoms with E-state index in [0.717, 1.165) is 0 Å². The Labute approximate surface area is 112 Å². The summed E-state index contributed by atoms with van der Waals surface area (Å²) in [5, 5.41) is 15.9. The Morgan fingerprint density at radius 3 is 2.55 bits per heavy atom. The number of carbonyl (C=O) groups is 1. The number of nitroso groups, excluding NO2 is 1. The first-order valence-corrected chi connectivity index (χ1v) is 5.24. The van der Waals surface area contributed by atoms with E-state index in [4.69, 9.17) is 17.6 Å². The molecule has 1 atom stereocenters. The molecule has 0 aliphatic carbocycles. The molecule has 11 heteroatoms. The first-order chi connectivity index (χ1) is 9.65. The summed E-state index contributed by atoms with van der Waals surface area (Å²) in [6.07, 6.45) is 0.0863. The van der Waals surface area contributed by atoms with Gasteiger partial charge in [-0.05, 0) is 22.9 Å². The number of hydrogen-bond acceptors (Lipinski definition) is 9. The number of benzene rings is 1. The summed E-state index contributed by atoms with van der Waals surface area (Å²) in [6, 6.07) is 3.41. The minimum atomic E-state index is -1.01. The van der Waals surface area contributed by atoms with Crippen LogP contribution in [-0.4, -0.2) is 12.0 Å². The molecule has 0 aliphatic rings. The molecule has 0 spiro atoms. The van der Waals surface area contributed by atoms with E-state index in [-0.39, 0.29) is 17.8 Å². The summed E-state index contributed by atoms with van der Waals surface area (Å²) in [7, 11) is 0. The van der Waals surface area contributed by atoms with Crippen LogP contribution in [0.5, 0.6) is 0 Å². The second-order valence-electron chi connectivity index (χ2n) is 3.52. The van der Waals surface area contributed by atoms with Crippen molar-refractivity contribution in [3.05, 3.63) is 28.7 Å². The van der Waals surface area contributed by atoms with Gasteiger partial charge in [-0.15, -0.1) is 10.0 Å². The zero-order valence-corrected chi connectivity index (χ0v) is 10.2. The predicted octanol–water partition coefficient (Wildman–Crippen LogP) is 0.696. The van der Waals surface area contributed by atoms with E-state index in [1.807, 2.05) is 0 Å². The van der Waals surface area contributed by atoms with Gasteiger partial charge < -0.3 is 16.5 Å². The van der Waals surface area contributed by atoms with Crippen molar-refractivity contribution in [3.8, 4) is 0 Å². The van der Waals surface area contributed by atoms with Crippen LogP contribution in [0.1, 0.15) is 5.56 Å². The second kappa shape index (κ2) is 7.48. The SMILES string of the molecule is NN=Nc1cc(C[C@H](N=NN)C(=O)ON)ccc1N=O. The lowest BCUT2D eigenvalue weighted by atomic mass is 10.1. The Hall–Kier alpha value is -2.95. The zero-order valence-electron chi connectivity index (χ0n) is 10.2. The fourth-order valence-electron chi connectivity index (χ4n) is 1.47. The third-order valence-electron chi connectivity index (χ3n) is 2.33. The van der Waals surface area contributed by atoms with Crippen molar-refractivity contribution >= 4 is 17.3 Å². The van der Waals surface area contributed by atoms with Gasteiger partial charge >= 0.3 is 5.97 Å². The van der Waals surface area contributed by atoms with Gasteiger partial charge in [-0.25, -0.2) is 4.79 Å². The molecule has 6 N–H and O–H groups in total. The van der Waals surface area contributed by atoms with Gasteiger partial charge in [-0.2, -0.15) is 11.0 Å². The van der Waals surface area contributed by atoms with Gasteiger partial charge in [0.15, 0.2) is 6.04 Å². The molecular weight excluding hydrogens is 268 g/mol. The lowest BCUT2D eigenvalue weighted by Gasteiger charge is -2.08. The number of nitrogens with two attached hydrogens (primary N) is 3. The lowest BCUT2D eigenvalue weighted by Crippen LogP contribution is -2.26. The van der Waals surface area contributed by atoms with Crippen LogP contribution in [0.15, 0.2) is 44.1 Å². The van der Waals surface area contributed by atoms with Crippen molar-refractivity contribution in [1.82, 2.24) is 0 Å². The van der Waals surface area contributed by atoms with Crippen LogP contribution in [0.4, 0.5) is 11.4 Å². The van der Waals surface area contributed by atoms with Crippen LogP contribution in [0, 0.1) is 4.91 Å². The maximum Gasteiger partial charge on any atom is 0.351 e. The Kier molecular flexibility index (Phi) is 5.65. The highest BCUT2D eigenvalue weighted by atomic mass is 16.7. The molecule has 1 aromatic carbocycles. The quantitative estimate of drug-likeness (QED) is 0.298. The molecule has 0 fully saturated rings. The minimum Gasteiger partial charge on any atom is -0.372 e. The fourth-order valence-corrected chi connectivity index (χ4v) is 1.47. The van der Waals surface area contributed by atoms with Crippen LogP contribution in [0.25, 0.3) is 0 Å². The molecule has 0 heterocycles. The highest BCUT2D eigenvalue weighted by Crippen LogP contribution is 2.29. The Balaban J connectivity index is 3.04. The topological polar surface area (TPSA) is 183 Å². The third kappa shape index (κ3) is 3.78. The van der Waals surface area contributed by atoms with Gasteiger partial charge in [0, 0.05) is 6.42 Å². The van der Waals surface area contributed by atoms with Crippen LogP contribution >= 0.6 is 0 Å². The Morgan fingerprint density at radius 1 is 1.25 bits per heavy atom. The zero-order chi connectivity index (χ0) is 15.0. The molecule has 0 saturated carbocycles. The molecule has 0 saturated heterocycles. The van der Waals surface area contributed by atoms with E-state index >= 15 is 0 Å². The van der Waals surface area contributed by atoms with E-state index in [0.29, 0.717) is 5.56 Å². The molecule has 11 nitrogen and oxygen atoms in total. The Morgan fingerprint density at radius 2 is 2.00 bits per heavy atom. The van der Waals surface area contributed by atoms with Gasteiger partial charge in [-0.3, -0.25) is 0 Å². The molecule has 0 aromatic heterocycles. The van der Waals surface area contributed by atoms with Crippen LogP contribution in [0.2, 0.25) is 0 Å². The van der Waals surface area contributed by atoms with Gasteiger partial charge in [0.2, 0.25) is 0 Å². The Bertz CT molecular complexity index is 544. The minimum absolute atomic E-state index is 0.0568. The summed E-state index contributed by atoms with van der Waals surface area (Å²) in [5.41, 5.74) is 0.800. The first kappa shape index (κ1) is 15.1. The average Bonchev–Trinajstić information content (AvgIpc) is 2.46. The fraction of sp³-hybridized carbons (Fsp3) is 0.222. The highest BCUT2D eigenvalue weighted by Gasteiger charge is 2.20. The standard InChI is InChI=1S/C9H12N8O3/c10-16-13-7-3-5(1-2-6(7)15-19)4-8(14-17-11)9(18)20-12/h1-3,8H,4,12H2,(H2,10,13)(H2,11,14)/t8-/m0/s1. The summed E-state index contributed by atoms with van der Waals surface area (Å²) in [4.78, 5) is 26.0. The average molecular weight is 280 g/mol. The molecule has 0 amide bonds. The van der Waals surface area contributed by atoms with Gasteiger partial charge in [0.05, 0.1) is 0 Å². The normalized spacial score (nSPS) is 12.7. The van der Waals surface area contributed by atoms with Gasteiger partial charge in [0.1, 0.15) is 11.4 Å². The number of hydrogen-bond donors (Lipinski definition) is 3. The van der Waals surface area contributed by atoms with Crippen molar-refractivity contribution < 1.29 is 9.63 Å². The predicted molar refractivity (Wildman–Crippen MR) is 67.4 cm³/mol. The second-order valence-corrected chi connectivity index (χ2v) is 3.52. The molecule has 0 aliphatic heterocycles. The van der Waals surface area contributed by atoms with Crippen LogP contribution in [0.3, 0.4) is 0 Å². The largest absolute Gasteiger partial charge is 0.372 e. The van der Waals surface area contributed by atoms with E-state index < -0.39 is 12.0 Å². The molecule has 0 bridgehead atoms. The van der Waals surface area contributed by atoms with Crippen LogP contribution < -0.4 is 17.6 Å². The third-order valence-corrected chi connectivity index (χ3v) is 2.33. The van der Waals surface area contributed by atoms with E-state index in [1.54, 1.807) is 6.07 Å².